The maximum absolute atomic E-state index is 14.1. The molecule has 47 heavy (non-hydrogen) atoms. The third-order valence-corrected chi connectivity index (χ3v) is 9.52. The van der Waals surface area contributed by atoms with Crippen LogP contribution < -0.4 is 10.6 Å². The van der Waals surface area contributed by atoms with Gasteiger partial charge in [0, 0.05) is 37.0 Å². The quantitative estimate of drug-likeness (QED) is 0.118. The van der Waals surface area contributed by atoms with Crippen LogP contribution in [0.1, 0.15) is 34.1 Å². The van der Waals surface area contributed by atoms with Gasteiger partial charge in [0.2, 0.25) is 5.91 Å². The Morgan fingerprint density at radius 1 is 0.787 bits per heavy atom. The highest BCUT2D eigenvalue weighted by Crippen LogP contribution is 2.34. The zero-order valence-corrected chi connectivity index (χ0v) is 27.6. The van der Waals surface area contributed by atoms with Crippen LogP contribution in [0, 0.1) is 0 Å². The van der Waals surface area contributed by atoms with Gasteiger partial charge in [0.25, 0.3) is 11.8 Å². The molecular formula is C38H29Cl2N3O3S. The standard InChI is InChI=1S/C38H29Cl2N3O3S/c1-2-35(38(46)43-33-17-8-6-15-29(33)30-16-7-9-18-34(30)43)47-28-14-10-13-27(23-28)41-37(45)32(21-25-19-20-26(39)22-31(25)40)42-36(44)24-11-4-3-5-12-24/h3-23,35H,2H2,1H3,(H,41,45)(H,42,44)/b32-21+. The van der Waals surface area contributed by atoms with Crippen molar-refractivity contribution in [1.82, 2.24) is 9.88 Å². The Morgan fingerprint density at radius 3 is 2.11 bits per heavy atom. The molecule has 0 aliphatic heterocycles. The van der Waals surface area contributed by atoms with Crippen LogP contribution >= 0.6 is 35.0 Å². The number of aromatic nitrogens is 1. The van der Waals surface area contributed by atoms with E-state index in [1.807, 2.05) is 78.2 Å². The van der Waals surface area contributed by atoms with E-state index < -0.39 is 11.8 Å². The summed E-state index contributed by atoms with van der Waals surface area (Å²) in [6, 6.07) is 36.6. The molecule has 0 radical (unpaired) electrons. The van der Waals surface area contributed by atoms with Crippen LogP contribution in [-0.4, -0.2) is 27.5 Å². The van der Waals surface area contributed by atoms with Crippen molar-refractivity contribution in [3.63, 3.8) is 0 Å². The topological polar surface area (TPSA) is 80.2 Å². The summed E-state index contributed by atoms with van der Waals surface area (Å²) in [6.07, 6.45) is 2.10. The van der Waals surface area contributed by atoms with Crippen molar-refractivity contribution < 1.29 is 14.4 Å². The van der Waals surface area contributed by atoms with Gasteiger partial charge in [0.05, 0.1) is 16.3 Å². The van der Waals surface area contributed by atoms with Crippen molar-refractivity contribution in [2.75, 3.05) is 5.32 Å². The second-order valence-electron chi connectivity index (χ2n) is 10.7. The van der Waals surface area contributed by atoms with Gasteiger partial charge < -0.3 is 10.6 Å². The van der Waals surface area contributed by atoms with Crippen molar-refractivity contribution >= 4 is 86.3 Å². The number of halogens is 2. The van der Waals surface area contributed by atoms with Gasteiger partial charge >= 0.3 is 0 Å². The number of para-hydroxylation sites is 2. The Hall–Kier alpha value is -4.82. The van der Waals surface area contributed by atoms with E-state index in [9.17, 15) is 14.4 Å². The van der Waals surface area contributed by atoms with Gasteiger partial charge in [-0.2, -0.15) is 0 Å². The molecule has 0 bridgehead atoms. The first-order valence-electron chi connectivity index (χ1n) is 15.0. The van der Waals surface area contributed by atoms with Crippen molar-refractivity contribution in [3.05, 3.63) is 148 Å². The van der Waals surface area contributed by atoms with Crippen LogP contribution in [0.5, 0.6) is 0 Å². The minimum absolute atomic E-state index is 0.00546. The maximum atomic E-state index is 14.1. The molecule has 9 heteroatoms. The van der Waals surface area contributed by atoms with Gasteiger partial charge in [-0.3, -0.25) is 19.0 Å². The molecule has 1 atom stereocenters. The van der Waals surface area contributed by atoms with E-state index in [0.717, 1.165) is 26.7 Å². The van der Waals surface area contributed by atoms with Gasteiger partial charge in [-0.15, -0.1) is 11.8 Å². The molecule has 0 aliphatic carbocycles. The molecule has 0 spiro atoms. The van der Waals surface area contributed by atoms with Crippen LogP contribution in [0.4, 0.5) is 5.69 Å². The van der Waals surface area contributed by atoms with Gasteiger partial charge in [-0.1, -0.05) is 96.9 Å². The number of hydrogen-bond donors (Lipinski definition) is 2. The zero-order chi connectivity index (χ0) is 32.9. The molecule has 5 aromatic carbocycles. The van der Waals surface area contributed by atoms with Crippen LogP contribution in [0.15, 0.2) is 132 Å². The first-order valence-corrected chi connectivity index (χ1v) is 16.6. The first-order chi connectivity index (χ1) is 22.8. The fourth-order valence-electron chi connectivity index (χ4n) is 5.34. The van der Waals surface area contributed by atoms with Crippen molar-refractivity contribution in [2.45, 2.75) is 23.5 Å². The lowest BCUT2D eigenvalue weighted by Crippen LogP contribution is -2.30. The monoisotopic (exact) mass is 677 g/mol. The molecule has 1 unspecified atom stereocenters. The summed E-state index contributed by atoms with van der Waals surface area (Å²) in [6.45, 7) is 1.99. The van der Waals surface area contributed by atoms with E-state index in [1.165, 1.54) is 17.8 Å². The Bertz CT molecular complexity index is 2110. The summed E-state index contributed by atoms with van der Waals surface area (Å²) in [7, 11) is 0. The fraction of sp³-hybridized carbons (Fsp3) is 0.0789. The molecule has 6 aromatic rings. The number of thioether (sulfide) groups is 1. The highest BCUT2D eigenvalue weighted by molar-refractivity contribution is 8.00. The van der Waals surface area contributed by atoms with Crippen LogP contribution in [0.25, 0.3) is 27.9 Å². The van der Waals surface area contributed by atoms with Crippen molar-refractivity contribution in [1.29, 1.82) is 0 Å². The highest BCUT2D eigenvalue weighted by atomic mass is 35.5. The summed E-state index contributed by atoms with van der Waals surface area (Å²) in [4.78, 5) is 41.6. The van der Waals surface area contributed by atoms with E-state index in [2.05, 4.69) is 10.6 Å². The average Bonchev–Trinajstić information content (AvgIpc) is 3.42. The largest absolute Gasteiger partial charge is 0.321 e. The second-order valence-corrected chi connectivity index (χ2v) is 12.9. The fourth-order valence-corrected chi connectivity index (χ4v) is 6.86. The van der Waals surface area contributed by atoms with Gasteiger partial charge in [-0.25, -0.2) is 0 Å². The van der Waals surface area contributed by atoms with Gasteiger partial charge in [0.1, 0.15) is 5.70 Å². The number of anilines is 1. The first kappa shape index (κ1) is 32.1. The van der Waals surface area contributed by atoms with Gasteiger partial charge in [-0.05, 0) is 72.7 Å². The number of amides is 2. The minimum Gasteiger partial charge on any atom is -0.321 e. The number of carbonyl (C=O) groups is 3. The molecule has 234 valence electrons. The molecular weight excluding hydrogens is 649 g/mol. The molecule has 0 fully saturated rings. The summed E-state index contributed by atoms with van der Waals surface area (Å²) < 4.78 is 1.81. The van der Waals surface area contributed by atoms with E-state index >= 15 is 0 Å². The zero-order valence-electron chi connectivity index (χ0n) is 25.2. The third kappa shape index (κ3) is 7.13. The number of benzene rings is 5. The number of nitrogens with one attached hydrogen (secondary N) is 2. The number of nitrogens with zero attached hydrogens (tertiary/aromatic N) is 1. The molecule has 0 aliphatic rings. The SMILES string of the molecule is CCC(Sc1cccc(NC(=O)/C(=C\c2ccc(Cl)cc2Cl)NC(=O)c2ccccc2)c1)C(=O)n1c2ccccc2c2ccccc21. The molecule has 0 saturated carbocycles. The average molecular weight is 679 g/mol. The lowest BCUT2D eigenvalue weighted by atomic mass is 10.1. The van der Waals surface area contributed by atoms with Crippen LogP contribution in [0.3, 0.4) is 0 Å². The summed E-state index contributed by atoms with van der Waals surface area (Å²) in [5.74, 6) is -1.01. The van der Waals surface area contributed by atoms with E-state index in [0.29, 0.717) is 33.3 Å². The summed E-state index contributed by atoms with van der Waals surface area (Å²) >= 11 is 13.9. The predicted octanol–water partition coefficient (Wildman–Crippen LogP) is 9.72. The number of hydrogen-bond acceptors (Lipinski definition) is 4. The molecule has 2 N–H and O–H groups in total. The van der Waals surface area contributed by atoms with Crippen LogP contribution in [-0.2, 0) is 4.79 Å². The van der Waals surface area contributed by atoms with E-state index in [4.69, 9.17) is 23.2 Å². The van der Waals surface area contributed by atoms with E-state index in [-0.39, 0.29) is 16.9 Å². The molecule has 6 nitrogen and oxygen atoms in total. The predicted molar refractivity (Wildman–Crippen MR) is 193 cm³/mol. The summed E-state index contributed by atoms with van der Waals surface area (Å²) in [5, 5.41) is 8.07. The summed E-state index contributed by atoms with van der Waals surface area (Å²) in [5.41, 5.74) is 3.14. The minimum atomic E-state index is -0.546. The molecule has 0 saturated heterocycles. The molecule has 1 aromatic heterocycles. The lowest BCUT2D eigenvalue weighted by molar-refractivity contribution is -0.113. The Morgan fingerprint density at radius 2 is 1.45 bits per heavy atom. The second kappa shape index (κ2) is 14.3. The highest BCUT2D eigenvalue weighted by Gasteiger charge is 2.24. The molecule has 6 rings (SSSR count). The van der Waals surface area contributed by atoms with Crippen molar-refractivity contribution in [3.8, 4) is 0 Å². The van der Waals surface area contributed by atoms with Crippen LogP contribution in [0.2, 0.25) is 10.0 Å². The molecule has 1 heterocycles. The molecule has 2 amide bonds. The maximum Gasteiger partial charge on any atom is 0.272 e. The van der Waals surface area contributed by atoms with Crippen molar-refractivity contribution in [2.24, 2.45) is 0 Å². The van der Waals surface area contributed by atoms with E-state index in [1.54, 1.807) is 54.6 Å². The Balaban J connectivity index is 1.25. The Kier molecular flexibility index (Phi) is 9.78. The lowest BCUT2D eigenvalue weighted by Gasteiger charge is -2.17. The number of fused-ring (bicyclic) bond motifs is 3. The number of rotatable bonds is 9. The Labute approximate surface area is 286 Å². The normalized spacial score (nSPS) is 12.2. The van der Waals surface area contributed by atoms with Gasteiger partial charge in [0.15, 0.2) is 0 Å². The third-order valence-electron chi connectivity index (χ3n) is 7.61. The smallest absolute Gasteiger partial charge is 0.272 e. The number of carbonyl (C=O) groups excluding carboxylic acids is 3.